The summed E-state index contributed by atoms with van der Waals surface area (Å²) in [6, 6.07) is 22.7. The summed E-state index contributed by atoms with van der Waals surface area (Å²) in [6.07, 6.45) is 0.328. The van der Waals surface area contributed by atoms with Crippen LogP contribution in [0.3, 0.4) is 0 Å². The number of carbonyl (C=O) groups excluding carboxylic acids is 1. The predicted octanol–water partition coefficient (Wildman–Crippen LogP) is 5.00. The molecule has 0 bridgehead atoms. The van der Waals surface area contributed by atoms with Crippen LogP contribution in [0.5, 0.6) is 28.7 Å². The van der Waals surface area contributed by atoms with Crippen LogP contribution in [0, 0.1) is 0 Å². The molecule has 0 saturated carbocycles. The first-order valence-corrected chi connectivity index (χ1v) is 12.6. The van der Waals surface area contributed by atoms with Crippen LogP contribution in [0.25, 0.3) is 0 Å². The normalized spacial score (nSPS) is 11.6. The molecule has 0 amide bonds. The molecule has 0 aromatic heterocycles. The molecule has 1 atom stereocenters. The van der Waals surface area contributed by atoms with Gasteiger partial charge in [-0.3, -0.25) is 0 Å². The Balaban J connectivity index is 1.41. The molecule has 3 rings (SSSR count). The largest absolute Gasteiger partial charge is 0.496 e. The van der Waals surface area contributed by atoms with E-state index in [0.717, 1.165) is 22.8 Å². The van der Waals surface area contributed by atoms with E-state index < -0.39 is 12.1 Å². The van der Waals surface area contributed by atoms with E-state index in [2.05, 4.69) is 0 Å². The van der Waals surface area contributed by atoms with Crippen LogP contribution in [0.1, 0.15) is 12.0 Å². The van der Waals surface area contributed by atoms with Crippen LogP contribution in [-0.2, 0) is 20.7 Å². The van der Waals surface area contributed by atoms with Crippen molar-refractivity contribution in [2.45, 2.75) is 18.9 Å². The molecule has 38 heavy (non-hydrogen) atoms. The molecule has 0 aliphatic heterocycles. The van der Waals surface area contributed by atoms with E-state index in [1.54, 1.807) is 7.11 Å². The molecule has 0 spiro atoms. The Morgan fingerprint density at radius 2 is 1.42 bits per heavy atom. The van der Waals surface area contributed by atoms with Gasteiger partial charge in [0.1, 0.15) is 35.4 Å². The van der Waals surface area contributed by atoms with Crippen LogP contribution in [0.4, 0.5) is 0 Å². The number of benzene rings is 3. The molecular weight excluding hydrogens is 486 g/mol. The van der Waals surface area contributed by atoms with Gasteiger partial charge in [0.15, 0.2) is 6.10 Å². The number of esters is 1. The van der Waals surface area contributed by atoms with Crippen LogP contribution < -0.4 is 18.9 Å². The van der Waals surface area contributed by atoms with Gasteiger partial charge >= 0.3 is 5.97 Å². The number of likely N-dealkylation sites (N-methyl/N-ethyl adjacent to an activating group) is 1. The number of hydrogen-bond donors (Lipinski definition) is 0. The minimum atomic E-state index is -0.714. The Morgan fingerprint density at radius 3 is 2.08 bits per heavy atom. The number of rotatable bonds is 16. The molecule has 0 saturated heterocycles. The third kappa shape index (κ3) is 9.61. The lowest BCUT2D eigenvalue weighted by Gasteiger charge is -2.18. The first-order valence-electron chi connectivity index (χ1n) is 12.6. The highest BCUT2D eigenvalue weighted by Crippen LogP contribution is 2.27. The van der Waals surface area contributed by atoms with Gasteiger partial charge in [-0.25, -0.2) is 4.79 Å². The maximum Gasteiger partial charge on any atom is 0.335 e. The molecule has 3 aromatic rings. The molecular formula is C30H37NO7. The fourth-order valence-electron chi connectivity index (χ4n) is 3.54. The van der Waals surface area contributed by atoms with Gasteiger partial charge in [0.2, 0.25) is 0 Å². The summed E-state index contributed by atoms with van der Waals surface area (Å²) in [5, 5.41) is 0. The van der Waals surface area contributed by atoms with E-state index in [0.29, 0.717) is 50.7 Å². The van der Waals surface area contributed by atoms with Crippen molar-refractivity contribution in [1.29, 1.82) is 0 Å². The Kier molecular flexibility index (Phi) is 11.7. The zero-order valence-corrected chi connectivity index (χ0v) is 22.6. The Bertz CT molecular complexity index is 1100. The molecule has 0 N–H and O–H groups in total. The topological polar surface area (TPSA) is 75.7 Å². The Labute approximate surface area is 225 Å². The Morgan fingerprint density at radius 1 is 0.789 bits per heavy atom. The second-order valence-corrected chi connectivity index (χ2v) is 8.81. The van der Waals surface area contributed by atoms with E-state index in [1.807, 2.05) is 91.8 Å². The van der Waals surface area contributed by atoms with Crippen molar-refractivity contribution >= 4 is 5.97 Å². The highest BCUT2D eigenvalue weighted by atomic mass is 16.6. The summed E-state index contributed by atoms with van der Waals surface area (Å²) in [4.78, 5) is 14.3. The molecule has 0 aliphatic rings. The van der Waals surface area contributed by atoms with Crippen molar-refractivity contribution in [3.05, 3.63) is 78.4 Å². The van der Waals surface area contributed by atoms with Gasteiger partial charge in [-0.2, -0.15) is 0 Å². The van der Waals surface area contributed by atoms with E-state index in [4.69, 9.17) is 28.4 Å². The molecule has 0 fully saturated rings. The summed E-state index contributed by atoms with van der Waals surface area (Å²) in [7, 11) is 6.93. The van der Waals surface area contributed by atoms with Gasteiger partial charge in [0.05, 0.1) is 20.3 Å². The van der Waals surface area contributed by atoms with Gasteiger partial charge in [0.25, 0.3) is 0 Å². The van der Waals surface area contributed by atoms with Gasteiger partial charge in [-0.15, -0.1) is 0 Å². The second-order valence-electron chi connectivity index (χ2n) is 8.81. The lowest BCUT2D eigenvalue weighted by atomic mass is 10.1. The SMILES string of the molecule is COc1cc(OCCCOc2ccc(Oc3ccccc3)cc2)ccc1CC(OC)C(=O)OCCN(C)C. The van der Waals surface area contributed by atoms with Gasteiger partial charge in [-0.1, -0.05) is 24.3 Å². The summed E-state index contributed by atoms with van der Waals surface area (Å²) >= 11 is 0. The molecule has 3 aromatic carbocycles. The van der Waals surface area contributed by atoms with E-state index >= 15 is 0 Å². The highest BCUT2D eigenvalue weighted by Gasteiger charge is 2.22. The lowest BCUT2D eigenvalue weighted by Crippen LogP contribution is -2.30. The van der Waals surface area contributed by atoms with E-state index in [9.17, 15) is 4.79 Å². The number of hydrogen-bond acceptors (Lipinski definition) is 8. The summed E-state index contributed by atoms with van der Waals surface area (Å²) in [5.74, 6) is 3.22. The van der Waals surface area contributed by atoms with Gasteiger partial charge < -0.3 is 33.3 Å². The number of methoxy groups -OCH3 is 2. The van der Waals surface area contributed by atoms with E-state index in [1.165, 1.54) is 7.11 Å². The minimum absolute atomic E-state index is 0.313. The lowest BCUT2D eigenvalue weighted by molar-refractivity contribution is -0.155. The number of ether oxygens (including phenoxy) is 6. The average molecular weight is 524 g/mol. The zero-order valence-electron chi connectivity index (χ0n) is 22.6. The molecule has 0 aliphatic carbocycles. The van der Waals surface area contributed by atoms with Crippen LogP contribution in [0.2, 0.25) is 0 Å². The van der Waals surface area contributed by atoms with Crippen molar-refractivity contribution in [3.63, 3.8) is 0 Å². The third-order valence-electron chi connectivity index (χ3n) is 5.62. The second kappa shape index (κ2) is 15.5. The molecule has 8 nitrogen and oxygen atoms in total. The summed E-state index contributed by atoms with van der Waals surface area (Å²) in [6.45, 7) is 1.96. The zero-order chi connectivity index (χ0) is 27.2. The molecule has 0 heterocycles. The van der Waals surface area contributed by atoms with Crippen molar-refractivity contribution in [1.82, 2.24) is 4.90 Å². The predicted molar refractivity (Wildman–Crippen MR) is 146 cm³/mol. The maximum atomic E-state index is 12.4. The van der Waals surface area contributed by atoms with Crippen molar-refractivity contribution in [2.75, 3.05) is 54.7 Å². The van der Waals surface area contributed by atoms with Crippen LogP contribution in [0.15, 0.2) is 72.8 Å². The van der Waals surface area contributed by atoms with Crippen LogP contribution >= 0.6 is 0 Å². The summed E-state index contributed by atoms with van der Waals surface area (Å²) in [5.41, 5.74) is 0.833. The van der Waals surface area contributed by atoms with Crippen molar-refractivity contribution < 1.29 is 33.2 Å². The fourth-order valence-corrected chi connectivity index (χ4v) is 3.54. The molecule has 204 valence electrons. The standard InChI is InChI=1S/C30H37NO7/c1-31(2)17-20-37-30(32)29(34-4)21-23-11-12-27(22-28(23)33-3)36-19-8-18-35-24-13-15-26(16-14-24)38-25-9-6-5-7-10-25/h5-7,9-16,22,29H,8,17-21H2,1-4H3. The third-order valence-corrected chi connectivity index (χ3v) is 5.62. The number of nitrogens with zero attached hydrogens (tertiary/aromatic N) is 1. The number of para-hydroxylation sites is 1. The van der Waals surface area contributed by atoms with Gasteiger partial charge in [-0.05, 0) is 62.1 Å². The first kappa shape index (κ1) is 28.8. The maximum absolute atomic E-state index is 12.4. The smallest absolute Gasteiger partial charge is 0.335 e. The monoisotopic (exact) mass is 523 g/mol. The average Bonchev–Trinajstić information content (AvgIpc) is 2.93. The molecule has 0 radical (unpaired) electrons. The van der Waals surface area contributed by atoms with Crippen LogP contribution in [-0.4, -0.2) is 71.7 Å². The minimum Gasteiger partial charge on any atom is -0.496 e. The number of carbonyl (C=O) groups is 1. The first-order chi connectivity index (χ1) is 18.5. The fraction of sp³-hybridized carbons (Fsp3) is 0.367. The summed E-state index contributed by atoms with van der Waals surface area (Å²) < 4.78 is 33.7. The quantitative estimate of drug-likeness (QED) is 0.192. The Hall–Kier alpha value is -3.75. The molecule has 8 heteroatoms. The molecule has 1 unspecified atom stereocenters. The van der Waals surface area contributed by atoms with Gasteiger partial charge in [0, 0.05) is 32.6 Å². The van der Waals surface area contributed by atoms with E-state index in [-0.39, 0.29) is 0 Å². The van der Waals surface area contributed by atoms with Crippen molar-refractivity contribution in [2.24, 2.45) is 0 Å². The van der Waals surface area contributed by atoms with Crippen molar-refractivity contribution in [3.8, 4) is 28.7 Å². The highest BCUT2D eigenvalue weighted by molar-refractivity contribution is 5.75.